The van der Waals surface area contributed by atoms with Crippen LogP contribution >= 0.6 is 0 Å². The Morgan fingerprint density at radius 3 is 2.50 bits per heavy atom. The molecule has 0 saturated carbocycles. The third kappa shape index (κ3) is 3.57. The average Bonchev–Trinajstić information content (AvgIpc) is 2.15. The lowest BCUT2D eigenvalue weighted by molar-refractivity contribution is -0.135. The van der Waals surface area contributed by atoms with Crippen LogP contribution in [0.15, 0.2) is 30.3 Å². The van der Waals surface area contributed by atoms with Gasteiger partial charge in [0.05, 0.1) is 0 Å². The second-order valence-electron chi connectivity index (χ2n) is 2.51. The molecule has 1 aromatic rings. The van der Waals surface area contributed by atoms with Gasteiger partial charge < -0.3 is 15.8 Å². The van der Waals surface area contributed by atoms with Crippen LogP contribution in [0.4, 0.5) is 10.5 Å². The lowest BCUT2D eigenvalue weighted by atomic mass is 10.3. The number of benzene rings is 1. The molecular weight excluding hydrogens is 184 g/mol. The van der Waals surface area contributed by atoms with E-state index in [-0.39, 0.29) is 6.54 Å². The molecule has 1 amide bonds. The van der Waals surface area contributed by atoms with Crippen molar-refractivity contribution in [2.24, 2.45) is 5.73 Å². The number of amides is 1. The van der Waals surface area contributed by atoms with Crippen LogP contribution < -0.4 is 11.1 Å². The van der Waals surface area contributed by atoms with Gasteiger partial charge in [0, 0.05) is 5.69 Å². The van der Waals surface area contributed by atoms with Crippen LogP contribution in [0, 0.1) is 0 Å². The highest BCUT2D eigenvalue weighted by Crippen LogP contribution is 2.03. The molecule has 0 bridgehead atoms. The molecule has 0 heterocycles. The number of carbonyl (C=O) groups is 2. The standard InChI is InChI=1S/C9H10N2O3/c10-9(13)14-8(12)6-11-7-4-2-1-3-5-7/h1-5,11H,6H2,(H2,10,13). The van der Waals surface area contributed by atoms with Crippen molar-refractivity contribution in [3.05, 3.63) is 30.3 Å². The summed E-state index contributed by atoms with van der Waals surface area (Å²) in [6, 6.07) is 9.07. The summed E-state index contributed by atoms with van der Waals surface area (Å²) in [5.41, 5.74) is 5.42. The fourth-order valence-corrected chi connectivity index (χ4v) is 0.879. The molecule has 0 saturated heterocycles. The van der Waals surface area contributed by atoms with Crippen molar-refractivity contribution < 1.29 is 14.3 Å². The Kier molecular flexibility index (Phi) is 3.49. The molecule has 3 N–H and O–H groups in total. The molecule has 74 valence electrons. The van der Waals surface area contributed by atoms with Gasteiger partial charge in [0.2, 0.25) is 0 Å². The van der Waals surface area contributed by atoms with Crippen molar-refractivity contribution in [2.45, 2.75) is 0 Å². The SMILES string of the molecule is NC(=O)OC(=O)CNc1ccccc1. The minimum Gasteiger partial charge on any atom is -0.375 e. The zero-order valence-electron chi connectivity index (χ0n) is 7.40. The first-order chi connectivity index (χ1) is 6.68. The number of hydrogen-bond acceptors (Lipinski definition) is 4. The predicted octanol–water partition coefficient (Wildman–Crippen LogP) is 0.720. The van der Waals surface area contributed by atoms with Gasteiger partial charge in [-0.2, -0.15) is 0 Å². The van der Waals surface area contributed by atoms with Gasteiger partial charge in [0.1, 0.15) is 6.54 Å². The van der Waals surface area contributed by atoms with Crippen molar-refractivity contribution >= 4 is 17.7 Å². The first-order valence-corrected chi connectivity index (χ1v) is 3.97. The maximum absolute atomic E-state index is 10.8. The van der Waals surface area contributed by atoms with Gasteiger partial charge in [-0.15, -0.1) is 0 Å². The van der Waals surface area contributed by atoms with E-state index in [0.717, 1.165) is 5.69 Å². The molecule has 0 aromatic heterocycles. The third-order valence-corrected chi connectivity index (χ3v) is 1.43. The minimum atomic E-state index is -1.09. The lowest BCUT2D eigenvalue weighted by Gasteiger charge is -2.03. The second-order valence-corrected chi connectivity index (χ2v) is 2.51. The Morgan fingerprint density at radius 2 is 1.93 bits per heavy atom. The fourth-order valence-electron chi connectivity index (χ4n) is 0.879. The number of rotatable bonds is 3. The van der Waals surface area contributed by atoms with Gasteiger partial charge in [0.25, 0.3) is 0 Å². The van der Waals surface area contributed by atoms with Gasteiger partial charge in [-0.25, -0.2) is 9.59 Å². The number of carbonyl (C=O) groups excluding carboxylic acids is 2. The number of esters is 1. The summed E-state index contributed by atoms with van der Waals surface area (Å²) >= 11 is 0. The Hall–Kier alpha value is -2.04. The number of nitrogens with one attached hydrogen (secondary N) is 1. The zero-order chi connectivity index (χ0) is 10.4. The van der Waals surface area contributed by atoms with E-state index >= 15 is 0 Å². The number of ether oxygens (including phenoxy) is 1. The first-order valence-electron chi connectivity index (χ1n) is 3.97. The Balaban J connectivity index is 2.34. The number of anilines is 1. The highest BCUT2D eigenvalue weighted by molar-refractivity contribution is 5.86. The number of hydrogen-bond donors (Lipinski definition) is 2. The molecule has 0 radical (unpaired) electrons. The average molecular weight is 194 g/mol. The lowest BCUT2D eigenvalue weighted by Crippen LogP contribution is -2.23. The van der Waals surface area contributed by atoms with Crippen LogP contribution in [0.5, 0.6) is 0 Å². The van der Waals surface area contributed by atoms with Gasteiger partial charge in [0.15, 0.2) is 0 Å². The molecule has 14 heavy (non-hydrogen) atoms. The predicted molar refractivity (Wildman–Crippen MR) is 50.6 cm³/mol. The summed E-state index contributed by atoms with van der Waals surface area (Å²) in [5.74, 6) is -0.707. The highest BCUT2D eigenvalue weighted by Gasteiger charge is 2.05. The van der Waals surface area contributed by atoms with Gasteiger partial charge in [-0.3, -0.25) is 0 Å². The summed E-state index contributed by atoms with van der Waals surface area (Å²) in [6.07, 6.45) is -1.09. The van der Waals surface area contributed by atoms with Crippen LogP contribution in [-0.2, 0) is 9.53 Å². The van der Waals surface area contributed by atoms with Crippen LogP contribution in [0.1, 0.15) is 0 Å². The van der Waals surface area contributed by atoms with Crippen LogP contribution in [0.25, 0.3) is 0 Å². The maximum atomic E-state index is 10.8. The van der Waals surface area contributed by atoms with Crippen molar-refractivity contribution in [3.8, 4) is 0 Å². The molecule has 0 aliphatic carbocycles. The monoisotopic (exact) mass is 194 g/mol. The fraction of sp³-hybridized carbons (Fsp3) is 0.111. The normalized spacial score (nSPS) is 9.14. The van der Waals surface area contributed by atoms with Crippen molar-refractivity contribution in [1.82, 2.24) is 0 Å². The summed E-state index contributed by atoms with van der Waals surface area (Å²) in [4.78, 5) is 21.0. The van der Waals surface area contributed by atoms with E-state index in [1.54, 1.807) is 12.1 Å². The van der Waals surface area contributed by atoms with Gasteiger partial charge in [-0.1, -0.05) is 18.2 Å². The molecule has 5 nitrogen and oxygen atoms in total. The molecule has 1 aromatic carbocycles. The quantitative estimate of drug-likeness (QED) is 0.548. The Bertz CT molecular complexity index is 324. The first kappa shape index (κ1) is 10.0. The van der Waals surface area contributed by atoms with E-state index in [2.05, 4.69) is 15.8 Å². The minimum absolute atomic E-state index is 0.0903. The number of nitrogens with two attached hydrogens (primary N) is 1. The molecule has 0 atom stereocenters. The molecular formula is C9H10N2O3. The molecule has 0 aliphatic heterocycles. The molecule has 0 aliphatic rings. The zero-order valence-corrected chi connectivity index (χ0v) is 7.40. The van der Waals surface area contributed by atoms with E-state index in [1.807, 2.05) is 18.2 Å². The molecule has 1 rings (SSSR count). The van der Waals surface area contributed by atoms with Crippen LogP contribution in [0.3, 0.4) is 0 Å². The van der Waals surface area contributed by atoms with E-state index < -0.39 is 12.1 Å². The van der Waals surface area contributed by atoms with Crippen molar-refractivity contribution in [3.63, 3.8) is 0 Å². The topological polar surface area (TPSA) is 81.4 Å². The van der Waals surface area contributed by atoms with Gasteiger partial charge in [-0.05, 0) is 12.1 Å². The van der Waals surface area contributed by atoms with E-state index in [1.165, 1.54) is 0 Å². The molecule has 5 heteroatoms. The summed E-state index contributed by atoms with van der Waals surface area (Å²) in [7, 11) is 0. The molecule has 0 unspecified atom stereocenters. The Morgan fingerprint density at radius 1 is 1.29 bits per heavy atom. The summed E-state index contributed by atoms with van der Waals surface area (Å²) < 4.78 is 4.11. The maximum Gasteiger partial charge on any atom is 0.412 e. The second kappa shape index (κ2) is 4.86. The van der Waals surface area contributed by atoms with E-state index in [0.29, 0.717) is 0 Å². The number of primary amides is 1. The smallest absolute Gasteiger partial charge is 0.375 e. The van der Waals surface area contributed by atoms with Crippen molar-refractivity contribution in [2.75, 3.05) is 11.9 Å². The van der Waals surface area contributed by atoms with E-state index in [4.69, 9.17) is 0 Å². The van der Waals surface area contributed by atoms with E-state index in [9.17, 15) is 9.59 Å². The Labute approximate surface area is 80.9 Å². The summed E-state index contributed by atoms with van der Waals surface area (Å²) in [6.45, 7) is -0.0903. The summed E-state index contributed by atoms with van der Waals surface area (Å²) in [5, 5.41) is 2.77. The largest absolute Gasteiger partial charge is 0.412 e. The highest BCUT2D eigenvalue weighted by atomic mass is 16.6. The van der Waals surface area contributed by atoms with Crippen LogP contribution in [0.2, 0.25) is 0 Å². The molecule has 0 fully saturated rings. The molecule has 0 spiro atoms. The van der Waals surface area contributed by atoms with Crippen LogP contribution in [-0.4, -0.2) is 18.6 Å². The number of para-hydroxylation sites is 1. The van der Waals surface area contributed by atoms with Gasteiger partial charge >= 0.3 is 12.1 Å². The van der Waals surface area contributed by atoms with Crippen molar-refractivity contribution in [1.29, 1.82) is 0 Å². The third-order valence-electron chi connectivity index (χ3n) is 1.43.